The Morgan fingerprint density at radius 3 is 2.74 bits per heavy atom. The quantitative estimate of drug-likeness (QED) is 0.853. The summed E-state index contributed by atoms with van der Waals surface area (Å²) < 4.78 is 53.6. The molecule has 0 radical (unpaired) electrons. The van der Waals surface area contributed by atoms with Gasteiger partial charge >= 0.3 is 0 Å². The fourth-order valence-corrected chi connectivity index (χ4v) is 4.12. The summed E-state index contributed by atoms with van der Waals surface area (Å²) in [7, 11) is -4.27. The van der Waals surface area contributed by atoms with Crippen LogP contribution in [0, 0.1) is 18.6 Å². The lowest BCUT2D eigenvalue weighted by Crippen LogP contribution is -2.35. The lowest BCUT2D eigenvalue weighted by atomic mass is 10.0. The fraction of sp³-hybridized carbons (Fsp3) is 0.385. The Hall–Kier alpha value is -1.91. The van der Waals surface area contributed by atoms with E-state index >= 15 is 0 Å². The molecule has 3 rings (SSSR count). The average molecular weight is 344 g/mol. The maximum atomic E-state index is 14.0. The maximum Gasteiger partial charge on any atom is 0.246 e. The molecule has 0 saturated carbocycles. The summed E-state index contributed by atoms with van der Waals surface area (Å²) in [6.07, 6.45) is 1.37. The minimum absolute atomic E-state index is 0.0157. The van der Waals surface area contributed by atoms with E-state index in [0.29, 0.717) is 6.07 Å². The van der Waals surface area contributed by atoms with Crippen LogP contribution in [0.25, 0.3) is 0 Å². The second kappa shape index (κ2) is 5.32. The normalized spacial score (nSPS) is 22.6. The molecule has 1 aromatic heterocycles. The Labute approximate surface area is 131 Å². The van der Waals surface area contributed by atoms with Crippen molar-refractivity contribution in [3.05, 3.63) is 41.2 Å². The molecular weight excluding hydrogens is 330 g/mol. The van der Waals surface area contributed by atoms with Crippen LogP contribution in [0.4, 0.5) is 8.78 Å². The predicted octanol–water partition coefficient (Wildman–Crippen LogP) is 0.674. The van der Waals surface area contributed by atoms with E-state index in [1.165, 1.54) is 13.1 Å². The summed E-state index contributed by atoms with van der Waals surface area (Å²) in [6.45, 7) is 0.991. The van der Waals surface area contributed by atoms with Crippen molar-refractivity contribution in [2.75, 3.05) is 13.1 Å². The number of halogens is 2. The van der Waals surface area contributed by atoms with Crippen LogP contribution in [-0.2, 0) is 15.6 Å². The molecule has 0 aliphatic carbocycles. The third-order valence-corrected chi connectivity index (χ3v) is 5.80. The number of aryl methyl sites for hydroxylation is 1. The monoisotopic (exact) mass is 344 g/mol. The number of hydrogen-bond acceptors (Lipinski definition) is 5. The lowest BCUT2D eigenvalue weighted by molar-refractivity contribution is 0.0484. The third-order valence-electron chi connectivity index (χ3n) is 3.94. The molecule has 1 aliphatic heterocycles. The smallest absolute Gasteiger partial charge is 0.246 e. The van der Waals surface area contributed by atoms with Crippen LogP contribution < -0.4 is 0 Å². The van der Waals surface area contributed by atoms with Gasteiger partial charge in [-0.05, 0) is 31.0 Å². The summed E-state index contributed by atoms with van der Waals surface area (Å²) in [5.41, 5.74) is -1.30. The number of nitrogens with zero attached hydrogens (tertiary/aromatic N) is 3. The maximum absolute atomic E-state index is 14.0. The first kappa shape index (κ1) is 16.0. The number of aromatic nitrogens is 3. The lowest BCUT2D eigenvalue weighted by Gasteiger charge is -2.21. The van der Waals surface area contributed by atoms with Gasteiger partial charge in [0.05, 0.1) is 6.20 Å². The molecule has 2 N–H and O–H groups in total. The van der Waals surface area contributed by atoms with Gasteiger partial charge < -0.3 is 5.11 Å². The Morgan fingerprint density at radius 2 is 2.09 bits per heavy atom. The van der Waals surface area contributed by atoms with Crippen LogP contribution in [0.3, 0.4) is 0 Å². The molecule has 1 fully saturated rings. The van der Waals surface area contributed by atoms with E-state index in [1.54, 1.807) is 0 Å². The van der Waals surface area contributed by atoms with Crippen molar-refractivity contribution >= 4 is 10.0 Å². The van der Waals surface area contributed by atoms with Gasteiger partial charge in [0.15, 0.2) is 0 Å². The molecule has 0 spiro atoms. The molecule has 1 saturated heterocycles. The molecule has 0 bridgehead atoms. The van der Waals surface area contributed by atoms with Crippen molar-refractivity contribution in [3.63, 3.8) is 0 Å². The number of H-pyrrole nitrogens is 1. The van der Waals surface area contributed by atoms with Crippen molar-refractivity contribution in [2.24, 2.45) is 0 Å². The first-order valence-electron chi connectivity index (χ1n) is 6.78. The molecule has 1 aliphatic rings. The Balaban J connectivity index is 1.95. The summed E-state index contributed by atoms with van der Waals surface area (Å²) in [4.78, 5) is -0.745. The molecule has 1 unspecified atom stereocenters. The van der Waals surface area contributed by atoms with E-state index in [-0.39, 0.29) is 30.8 Å². The zero-order chi connectivity index (χ0) is 16.8. The molecule has 2 aromatic rings. The van der Waals surface area contributed by atoms with Crippen molar-refractivity contribution < 1.29 is 22.3 Å². The van der Waals surface area contributed by atoms with Gasteiger partial charge in [0.25, 0.3) is 0 Å². The van der Waals surface area contributed by atoms with Crippen LogP contribution in [0.5, 0.6) is 0 Å². The van der Waals surface area contributed by atoms with Gasteiger partial charge in [-0.1, -0.05) is 0 Å². The van der Waals surface area contributed by atoms with Crippen LogP contribution in [0.2, 0.25) is 0 Å². The first-order valence-corrected chi connectivity index (χ1v) is 8.22. The SMILES string of the molecule is Cc1cc(F)c(S(=O)(=O)N2CCC(O)(c3cn[nH]n3)C2)cc1F. The van der Waals surface area contributed by atoms with E-state index in [2.05, 4.69) is 15.4 Å². The van der Waals surface area contributed by atoms with E-state index in [1.807, 2.05) is 0 Å². The standard InChI is InChI=1S/C13H14F2N4O3S/c1-8-4-10(15)11(5-9(8)14)23(21,22)19-3-2-13(20,7-19)12-6-16-18-17-12/h4-6,20H,2-3,7H2,1H3,(H,16,17,18). The zero-order valence-electron chi connectivity index (χ0n) is 12.1. The highest BCUT2D eigenvalue weighted by Crippen LogP contribution is 2.34. The Bertz CT molecular complexity index is 841. The number of nitrogens with one attached hydrogen (secondary N) is 1. The number of rotatable bonds is 3. The van der Waals surface area contributed by atoms with Crippen molar-refractivity contribution in [1.29, 1.82) is 0 Å². The predicted molar refractivity (Wildman–Crippen MR) is 74.8 cm³/mol. The molecule has 10 heteroatoms. The second-order valence-electron chi connectivity index (χ2n) is 5.51. The van der Waals surface area contributed by atoms with Gasteiger partial charge in [-0.25, -0.2) is 17.2 Å². The third kappa shape index (κ3) is 2.62. The number of benzene rings is 1. The van der Waals surface area contributed by atoms with E-state index in [4.69, 9.17) is 0 Å². The van der Waals surface area contributed by atoms with E-state index in [9.17, 15) is 22.3 Å². The van der Waals surface area contributed by atoms with Crippen LogP contribution in [0.15, 0.2) is 23.2 Å². The molecule has 1 atom stereocenters. The molecule has 2 heterocycles. The highest BCUT2D eigenvalue weighted by Gasteiger charge is 2.45. The minimum Gasteiger partial charge on any atom is -0.382 e. The summed E-state index contributed by atoms with van der Waals surface area (Å²) in [5, 5.41) is 20.2. The van der Waals surface area contributed by atoms with Gasteiger partial charge in [0.1, 0.15) is 27.8 Å². The fourth-order valence-electron chi connectivity index (χ4n) is 2.56. The molecule has 1 aromatic carbocycles. The van der Waals surface area contributed by atoms with Gasteiger partial charge in [-0.15, -0.1) is 0 Å². The van der Waals surface area contributed by atoms with Crippen LogP contribution in [-0.4, -0.2) is 46.3 Å². The molecule has 7 nitrogen and oxygen atoms in total. The molecule has 23 heavy (non-hydrogen) atoms. The first-order chi connectivity index (χ1) is 10.7. The van der Waals surface area contributed by atoms with Gasteiger partial charge in [0.2, 0.25) is 10.0 Å². The highest BCUT2D eigenvalue weighted by atomic mass is 32.2. The van der Waals surface area contributed by atoms with Crippen LogP contribution >= 0.6 is 0 Å². The van der Waals surface area contributed by atoms with Gasteiger partial charge in [-0.3, -0.25) is 0 Å². The van der Waals surface area contributed by atoms with Crippen LogP contribution in [0.1, 0.15) is 17.7 Å². The number of aliphatic hydroxyl groups is 1. The van der Waals surface area contributed by atoms with Crippen molar-refractivity contribution in [1.82, 2.24) is 19.7 Å². The molecule has 0 amide bonds. The second-order valence-corrected chi connectivity index (χ2v) is 7.41. The van der Waals surface area contributed by atoms with Gasteiger partial charge in [0, 0.05) is 13.1 Å². The van der Waals surface area contributed by atoms with Gasteiger partial charge in [-0.2, -0.15) is 19.7 Å². The summed E-state index contributed by atoms with van der Waals surface area (Å²) in [5.74, 6) is -1.84. The topological polar surface area (TPSA) is 99.2 Å². The summed E-state index contributed by atoms with van der Waals surface area (Å²) >= 11 is 0. The van der Waals surface area contributed by atoms with Crippen molar-refractivity contribution in [2.45, 2.75) is 23.8 Å². The number of sulfonamides is 1. The average Bonchev–Trinajstić information content (AvgIpc) is 3.13. The minimum atomic E-state index is -4.27. The van der Waals surface area contributed by atoms with Crippen molar-refractivity contribution in [3.8, 4) is 0 Å². The number of hydrogen-bond donors (Lipinski definition) is 2. The molecular formula is C13H14F2N4O3S. The zero-order valence-corrected chi connectivity index (χ0v) is 12.9. The summed E-state index contributed by atoms with van der Waals surface area (Å²) in [6, 6.07) is 1.50. The number of β-amino-alcohol motifs (C(OH)–C–C–N with tert-alkyl or cyclic N) is 1. The molecule has 124 valence electrons. The Kier molecular flexibility index (Phi) is 3.69. The highest BCUT2D eigenvalue weighted by molar-refractivity contribution is 7.89. The number of aromatic amines is 1. The Morgan fingerprint density at radius 1 is 1.35 bits per heavy atom. The largest absolute Gasteiger partial charge is 0.382 e. The van der Waals surface area contributed by atoms with E-state index < -0.39 is 32.2 Å². The van der Waals surface area contributed by atoms with E-state index in [0.717, 1.165) is 10.4 Å².